The first-order valence-electron chi connectivity index (χ1n) is 11.4. The molecule has 156 valence electrons. The highest BCUT2D eigenvalue weighted by atomic mass is 16.2. The smallest absolute Gasteiger partial charge is 0.255 e. The Kier molecular flexibility index (Phi) is 4.41. The van der Waals surface area contributed by atoms with Crippen molar-refractivity contribution in [3.05, 3.63) is 29.8 Å². The third-order valence-electron chi connectivity index (χ3n) is 8.35. The molecule has 4 atom stereocenters. The molecule has 0 saturated heterocycles. The van der Waals surface area contributed by atoms with Crippen molar-refractivity contribution in [2.45, 2.75) is 76.9 Å². The topological polar surface area (TPSA) is 70.2 Å². The zero-order valence-corrected chi connectivity index (χ0v) is 17.6. The van der Waals surface area contributed by atoms with Crippen LogP contribution in [0.5, 0.6) is 0 Å². The number of amides is 2. The fourth-order valence-electron chi connectivity index (χ4n) is 6.56. The van der Waals surface area contributed by atoms with Gasteiger partial charge in [0, 0.05) is 23.6 Å². The first kappa shape index (κ1) is 19.0. The van der Waals surface area contributed by atoms with Crippen LogP contribution in [0.2, 0.25) is 0 Å². The third-order valence-corrected chi connectivity index (χ3v) is 8.35. The predicted molar refractivity (Wildman–Crippen MR) is 113 cm³/mol. The van der Waals surface area contributed by atoms with E-state index >= 15 is 0 Å². The quantitative estimate of drug-likeness (QED) is 0.707. The number of rotatable bonds is 2. The Morgan fingerprint density at radius 2 is 1.86 bits per heavy atom. The van der Waals surface area contributed by atoms with Gasteiger partial charge in [0.05, 0.1) is 5.56 Å². The van der Waals surface area contributed by atoms with E-state index in [1.807, 2.05) is 24.3 Å². The second-order valence-electron chi connectivity index (χ2n) is 10.4. The van der Waals surface area contributed by atoms with Gasteiger partial charge < -0.3 is 16.0 Å². The summed E-state index contributed by atoms with van der Waals surface area (Å²) < 4.78 is 0. The van der Waals surface area contributed by atoms with Crippen LogP contribution >= 0.6 is 0 Å². The van der Waals surface area contributed by atoms with E-state index in [-0.39, 0.29) is 29.1 Å². The summed E-state index contributed by atoms with van der Waals surface area (Å²) in [4.78, 5) is 26.1. The number of hydrogen-bond donors (Lipinski definition) is 3. The van der Waals surface area contributed by atoms with E-state index in [2.05, 4.69) is 29.8 Å². The number of hydrogen-bond acceptors (Lipinski definition) is 3. The standard InChI is InChI=1S/C24H33N3O2/c1-15-7-9-17(10-8-15)25-22(29)19-13-16-11-12-23(19,2)14-24(16)26-20-6-4-3-5-18(20)21(28)27-24/h3-6,15-17,19,26H,7-14H2,1-2H3,(H,25,29)(H,27,28)/t15?,16?,17?,19?,23?,24-/m1/s1. The minimum atomic E-state index is -0.421. The van der Waals surface area contributed by atoms with Crippen molar-refractivity contribution in [1.29, 1.82) is 0 Å². The highest BCUT2D eigenvalue weighted by Crippen LogP contribution is 2.58. The average molecular weight is 396 g/mol. The summed E-state index contributed by atoms with van der Waals surface area (Å²) in [6.07, 6.45) is 8.42. The van der Waals surface area contributed by atoms with E-state index < -0.39 is 5.66 Å². The SMILES string of the molecule is CC1CCC(NC(=O)C2CC3CCC2(C)C[C@@]32NC(=O)c3ccccc3N2)CC1. The summed E-state index contributed by atoms with van der Waals surface area (Å²) in [7, 11) is 0. The first-order chi connectivity index (χ1) is 13.9. The number of anilines is 1. The van der Waals surface area contributed by atoms with Crippen molar-refractivity contribution in [2.24, 2.45) is 23.2 Å². The molecule has 5 aliphatic rings. The maximum absolute atomic E-state index is 13.3. The van der Waals surface area contributed by atoms with Crippen LogP contribution in [0.4, 0.5) is 5.69 Å². The Bertz CT molecular complexity index is 831. The number of nitrogens with one attached hydrogen (secondary N) is 3. The molecular formula is C24H33N3O2. The average Bonchev–Trinajstić information content (AvgIpc) is 2.69. The van der Waals surface area contributed by atoms with Gasteiger partial charge in [-0.25, -0.2) is 0 Å². The lowest BCUT2D eigenvalue weighted by Gasteiger charge is -2.60. The first-order valence-corrected chi connectivity index (χ1v) is 11.4. The molecule has 4 saturated carbocycles. The van der Waals surface area contributed by atoms with E-state index in [4.69, 9.17) is 0 Å². The van der Waals surface area contributed by atoms with Crippen molar-refractivity contribution in [1.82, 2.24) is 10.6 Å². The number of fused-ring (bicyclic) bond motifs is 3. The Balaban J connectivity index is 1.34. The summed E-state index contributed by atoms with van der Waals surface area (Å²) in [6, 6.07) is 8.08. The zero-order chi connectivity index (χ0) is 20.2. The summed E-state index contributed by atoms with van der Waals surface area (Å²) >= 11 is 0. The molecule has 3 unspecified atom stereocenters. The van der Waals surface area contributed by atoms with Crippen LogP contribution in [0.25, 0.3) is 0 Å². The Morgan fingerprint density at radius 3 is 2.62 bits per heavy atom. The molecule has 5 nitrogen and oxygen atoms in total. The molecule has 29 heavy (non-hydrogen) atoms. The van der Waals surface area contributed by atoms with E-state index in [1.165, 1.54) is 12.8 Å². The van der Waals surface area contributed by atoms with Crippen LogP contribution in [0.15, 0.2) is 24.3 Å². The highest BCUT2D eigenvalue weighted by Gasteiger charge is 2.60. The molecule has 3 N–H and O–H groups in total. The maximum atomic E-state index is 13.3. The monoisotopic (exact) mass is 395 g/mol. The summed E-state index contributed by atoms with van der Waals surface area (Å²) in [5.74, 6) is 1.36. The van der Waals surface area contributed by atoms with Gasteiger partial charge in [0.1, 0.15) is 5.66 Å². The molecule has 1 heterocycles. The maximum Gasteiger partial charge on any atom is 0.255 e. The van der Waals surface area contributed by atoms with Crippen LogP contribution < -0.4 is 16.0 Å². The van der Waals surface area contributed by atoms with Crippen LogP contribution in [0, 0.1) is 23.2 Å². The molecule has 1 aromatic rings. The fourth-order valence-corrected chi connectivity index (χ4v) is 6.56. The van der Waals surface area contributed by atoms with Crippen molar-refractivity contribution >= 4 is 17.5 Å². The second kappa shape index (κ2) is 6.75. The van der Waals surface area contributed by atoms with Crippen molar-refractivity contribution < 1.29 is 9.59 Å². The molecule has 1 spiro atoms. The molecular weight excluding hydrogens is 362 g/mol. The molecule has 4 aliphatic carbocycles. The molecule has 0 aromatic heterocycles. The molecule has 0 radical (unpaired) electrons. The van der Waals surface area contributed by atoms with E-state index in [9.17, 15) is 9.59 Å². The third kappa shape index (κ3) is 3.13. The molecule has 4 fully saturated rings. The van der Waals surface area contributed by atoms with Crippen LogP contribution in [0.1, 0.15) is 75.6 Å². The number of carbonyl (C=O) groups excluding carboxylic acids is 2. The van der Waals surface area contributed by atoms with Crippen molar-refractivity contribution in [2.75, 3.05) is 5.32 Å². The molecule has 1 aliphatic heterocycles. The van der Waals surface area contributed by atoms with Gasteiger partial charge in [-0.05, 0) is 74.8 Å². The van der Waals surface area contributed by atoms with Gasteiger partial charge in [0.15, 0.2) is 0 Å². The minimum absolute atomic E-state index is 0.00725. The summed E-state index contributed by atoms with van der Waals surface area (Å²) in [5.41, 5.74) is 1.12. The van der Waals surface area contributed by atoms with Gasteiger partial charge in [-0.15, -0.1) is 0 Å². The predicted octanol–water partition coefficient (Wildman–Crippen LogP) is 4.06. The zero-order valence-electron chi connectivity index (χ0n) is 17.6. The summed E-state index contributed by atoms with van der Waals surface area (Å²) in [6.45, 7) is 4.56. The van der Waals surface area contributed by atoms with E-state index in [0.717, 1.165) is 50.1 Å². The van der Waals surface area contributed by atoms with Crippen LogP contribution in [0.3, 0.4) is 0 Å². The minimum Gasteiger partial charge on any atom is -0.362 e. The molecule has 1 aromatic carbocycles. The Labute approximate surface area is 173 Å². The molecule has 5 heteroatoms. The van der Waals surface area contributed by atoms with E-state index in [0.29, 0.717) is 11.6 Å². The Morgan fingerprint density at radius 1 is 1.10 bits per heavy atom. The van der Waals surface area contributed by atoms with Gasteiger partial charge in [-0.1, -0.05) is 26.0 Å². The highest BCUT2D eigenvalue weighted by molar-refractivity contribution is 6.02. The second-order valence-corrected chi connectivity index (χ2v) is 10.4. The summed E-state index contributed by atoms with van der Waals surface area (Å²) in [5, 5.41) is 10.4. The van der Waals surface area contributed by atoms with Gasteiger partial charge in [0.2, 0.25) is 5.91 Å². The lowest BCUT2D eigenvalue weighted by Crippen LogP contribution is -2.70. The fraction of sp³-hybridized carbons (Fsp3) is 0.667. The number of carbonyl (C=O) groups is 2. The van der Waals surface area contributed by atoms with Crippen LogP contribution in [-0.4, -0.2) is 23.5 Å². The van der Waals surface area contributed by atoms with Crippen molar-refractivity contribution in [3.63, 3.8) is 0 Å². The number of benzene rings is 1. The van der Waals surface area contributed by atoms with Crippen LogP contribution in [-0.2, 0) is 4.79 Å². The Hall–Kier alpha value is -2.04. The largest absolute Gasteiger partial charge is 0.362 e. The van der Waals surface area contributed by atoms with Gasteiger partial charge in [-0.2, -0.15) is 0 Å². The normalized spacial score (nSPS) is 40.7. The molecule has 2 bridgehead atoms. The lowest BCUT2D eigenvalue weighted by atomic mass is 9.51. The number of para-hydroxylation sites is 1. The molecule has 2 amide bonds. The van der Waals surface area contributed by atoms with Gasteiger partial charge in [0.25, 0.3) is 5.91 Å². The van der Waals surface area contributed by atoms with Gasteiger partial charge >= 0.3 is 0 Å². The van der Waals surface area contributed by atoms with Crippen molar-refractivity contribution in [3.8, 4) is 0 Å². The van der Waals surface area contributed by atoms with E-state index in [1.54, 1.807) is 0 Å². The lowest BCUT2D eigenvalue weighted by molar-refractivity contribution is -0.140. The molecule has 6 rings (SSSR count). The van der Waals surface area contributed by atoms with Gasteiger partial charge in [-0.3, -0.25) is 9.59 Å².